The van der Waals surface area contributed by atoms with Gasteiger partial charge in [0.05, 0.1) is 23.0 Å². The van der Waals surface area contributed by atoms with Crippen LogP contribution in [0.25, 0.3) is 16.6 Å². The lowest BCUT2D eigenvalue weighted by atomic mass is 9.86. The summed E-state index contributed by atoms with van der Waals surface area (Å²) in [5, 5.41) is 5.58. The molecule has 3 atom stereocenters. The van der Waals surface area contributed by atoms with Crippen LogP contribution in [0.2, 0.25) is 0 Å². The van der Waals surface area contributed by atoms with Gasteiger partial charge < -0.3 is 4.90 Å². The molecule has 1 saturated carbocycles. The maximum Gasteiger partial charge on any atom is 0.256 e. The lowest BCUT2D eigenvalue weighted by Crippen LogP contribution is -2.35. The summed E-state index contributed by atoms with van der Waals surface area (Å²) in [6, 6.07) is 27.3. The predicted molar refractivity (Wildman–Crippen MR) is 142 cm³/mol. The van der Waals surface area contributed by atoms with Crippen LogP contribution in [0.1, 0.15) is 33.0 Å². The van der Waals surface area contributed by atoms with Crippen molar-refractivity contribution in [2.45, 2.75) is 18.3 Å². The number of aryl methyl sites for hydroxylation is 1. The van der Waals surface area contributed by atoms with E-state index in [1.54, 1.807) is 30.3 Å². The molecule has 0 spiro atoms. The molecule has 5 aromatic rings. The quantitative estimate of drug-likeness (QED) is 0.283. The molecule has 0 N–H and O–H groups in total. The number of carbonyl (C=O) groups excluding carboxylic acids is 1. The molecule has 6 heteroatoms. The van der Waals surface area contributed by atoms with Gasteiger partial charge in [0.15, 0.2) is 0 Å². The van der Waals surface area contributed by atoms with E-state index in [2.05, 4.69) is 48.4 Å². The highest BCUT2D eigenvalue weighted by Crippen LogP contribution is 2.70. The van der Waals surface area contributed by atoms with E-state index in [0.29, 0.717) is 13.1 Å². The molecule has 0 bridgehead atoms. The average Bonchev–Trinajstić information content (AvgIpc) is 3.19. The number of aromatic nitrogens is 2. The van der Waals surface area contributed by atoms with E-state index < -0.39 is 5.82 Å². The molecular formula is C32H25F2N3O. The summed E-state index contributed by atoms with van der Waals surface area (Å²) in [6.45, 7) is 3.21. The minimum Gasteiger partial charge on any atom is -0.337 e. The highest BCUT2D eigenvalue weighted by molar-refractivity contribution is 5.95. The molecule has 2 fully saturated rings. The van der Waals surface area contributed by atoms with Gasteiger partial charge in [0.1, 0.15) is 11.6 Å². The van der Waals surface area contributed by atoms with Gasteiger partial charge in [0.2, 0.25) is 0 Å². The number of nitrogens with zero attached hydrogens (tertiary/aromatic N) is 3. The Morgan fingerprint density at radius 3 is 2.45 bits per heavy atom. The van der Waals surface area contributed by atoms with E-state index >= 15 is 0 Å². The lowest BCUT2D eigenvalue weighted by Gasteiger charge is -2.26. The van der Waals surface area contributed by atoms with E-state index in [1.165, 1.54) is 29.3 Å². The minimum atomic E-state index is -0.488. The van der Waals surface area contributed by atoms with Gasteiger partial charge >= 0.3 is 0 Å². The zero-order valence-corrected chi connectivity index (χ0v) is 20.8. The first kappa shape index (κ1) is 22.8. The molecule has 4 aromatic carbocycles. The number of hydrogen-bond acceptors (Lipinski definition) is 2. The third-order valence-corrected chi connectivity index (χ3v) is 8.42. The molecule has 0 radical (unpaired) electrons. The van der Waals surface area contributed by atoms with Crippen LogP contribution in [0.4, 0.5) is 8.78 Å². The Kier molecular flexibility index (Phi) is 5.02. The molecular weight excluding hydrogens is 480 g/mol. The highest BCUT2D eigenvalue weighted by atomic mass is 19.1. The van der Waals surface area contributed by atoms with Crippen LogP contribution in [0.5, 0.6) is 0 Å². The highest BCUT2D eigenvalue weighted by Gasteiger charge is 2.71. The van der Waals surface area contributed by atoms with E-state index in [4.69, 9.17) is 0 Å². The van der Waals surface area contributed by atoms with Crippen molar-refractivity contribution in [1.29, 1.82) is 0 Å². The summed E-state index contributed by atoms with van der Waals surface area (Å²) >= 11 is 0. The maximum absolute atomic E-state index is 14.5. The Bertz CT molecular complexity index is 1700. The van der Waals surface area contributed by atoms with Crippen LogP contribution < -0.4 is 0 Å². The van der Waals surface area contributed by atoms with Gasteiger partial charge in [0, 0.05) is 29.8 Å². The van der Waals surface area contributed by atoms with Crippen molar-refractivity contribution >= 4 is 16.8 Å². The number of carbonyl (C=O) groups is 1. The molecule has 1 aromatic heterocycles. The summed E-state index contributed by atoms with van der Waals surface area (Å²) < 4.78 is 29.8. The number of likely N-dealkylation sites (tertiary alicyclic amines) is 1. The van der Waals surface area contributed by atoms with Crippen molar-refractivity contribution in [3.8, 4) is 5.69 Å². The fourth-order valence-electron chi connectivity index (χ4n) is 6.69. The first-order valence-corrected chi connectivity index (χ1v) is 12.8. The SMILES string of the molecule is Cc1cc2c(cnn2-c2ccc(F)cc2)cc1C12CN(C(=O)c3ccccc3F)CC1C2c1ccccc1. The first-order chi connectivity index (χ1) is 18.5. The van der Waals surface area contributed by atoms with Crippen molar-refractivity contribution in [3.05, 3.63) is 131 Å². The van der Waals surface area contributed by atoms with Crippen LogP contribution in [0, 0.1) is 24.5 Å². The monoisotopic (exact) mass is 505 g/mol. The third kappa shape index (κ3) is 3.33. The molecule has 4 nitrogen and oxygen atoms in total. The van der Waals surface area contributed by atoms with Gasteiger partial charge in [0.25, 0.3) is 5.91 Å². The molecule has 1 saturated heterocycles. The Balaban J connectivity index is 1.31. The standard InChI is InChI=1S/C32H25F2N3O/c1-20-15-29-22(17-35-37(29)24-13-11-23(33)12-14-24)16-26(20)32-19-36(31(38)25-9-5-6-10-28(25)34)18-27(32)30(32)21-7-3-2-4-8-21/h2-17,27,30H,18-19H2,1H3. The van der Waals surface area contributed by atoms with E-state index in [0.717, 1.165) is 22.2 Å². The predicted octanol–water partition coefficient (Wildman–Crippen LogP) is 6.42. The van der Waals surface area contributed by atoms with Gasteiger partial charge in [-0.25, -0.2) is 13.5 Å². The topological polar surface area (TPSA) is 38.1 Å². The van der Waals surface area contributed by atoms with Crippen molar-refractivity contribution < 1.29 is 13.6 Å². The second-order valence-corrected chi connectivity index (χ2v) is 10.5. The number of hydrogen-bond donors (Lipinski definition) is 0. The average molecular weight is 506 g/mol. The van der Waals surface area contributed by atoms with Crippen molar-refractivity contribution in [3.63, 3.8) is 0 Å². The molecule has 1 aliphatic carbocycles. The number of benzene rings is 4. The first-order valence-electron chi connectivity index (χ1n) is 12.8. The number of piperidine rings is 1. The summed E-state index contributed by atoms with van der Waals surface area (Å²) in [7, 11) is 0. The van der Waals surface area contributed by atoms with Crippen molar-refractivity contribution in [1.82, 2.24) is 14.7 Å². The largest absolute Gasteiger partial charge is 0.337 e. The minimum absolute atomic E-state index is 0.118. The molecule has 3 unspecified atom stereocenters. The Morgan fingerprint density at radius 2 is 1.68 bits per heavy atom. The Labute approximate surface area is 219 Å². The van der Waals surface area contributed by atoms with Crippen LogP contribution in [-0.2, 0) is 5.41 Å². The zero-order chi connectivity index (χ0) is 26.0. The number of amides is 1. The van der Waals surface area contributed by atoms with E-state index in [9.17, 15) is 13.6 Å². The van der Waals surface area contributed by atoms with Crippen LogP contribution >= 0.6 is 0 Å². The van der Waals surface area contributed by atoms with Gasteiger partial charge in [-0.05, 0) is 78.1 Å². The molecule has 7 rings (SSSR count). The summed E-state index contributed by atoms with van der Waals surface area (Å²) in [5.41, 5.74) is 5.18. The molecule has 38 heavy (non-hydrogen) atoms. The second kappa shape index (κ2) is 8.35. The number of rotatable bonds is 4. The third-order valence-electron chi connectivity index (χ3n) is 8.42. The van der Waals surface area contributed by atoms with Crippen molar-refractivity contribution in [2.75, 3.05) is 13.1 Å². The van der Waals surface area contributed by atoms with E-state index in [1.807, 2.05) is 21.8 Å². The number of fused-ring (bicyclic) bond motifs is 2. The van der Waals surface area contributed by atoms with Gasteiger partial charge in [-0.2, -0.15) is 5.10 Å². The van der Waals surface area contributed by atoms with E-state index in [-0.39, 0.29) is 34.5 Å². The number of halogens is 2. The summed E-state index contributed by atoms with van der Waals surface area (Å²) in [5.74, 6) is -0.521. The Morgan fingerprint density at radius 1 is 0.947 bits per heavy atom. The zero-order valence-electron chi connectivity index (χ0n) is 20.8. The lowest BCUT2D eigenvalue weighted by molar-refractivity contribution is 0.0764. The van der Waals surface area contributed by atoms with Gasteiger partial charge in [-0.15, -0.1) is 0 Å². The smallest absolute Gasteiger partial charge is 0.256 e. The molecule has 2 aliphatic rings. The Hall–Kier alpha value is -4.32. The molecule has 188 valence electrons. The van der Waals surface area contributed by atoms with Crippen molar-refractivity contribution in [2.24, 2.45) is 5.92 Å². The second-order valence-electron chi connectivity index (χ2n) is 10.5. The molecule has 2 heterocycles. The van der Waals surface area contributed by atoms with Gasteiger partial charge in [-0.3, -0.25) is 4.79 Å². The summed E-state index contributed by atoms with van der Waals surface area (Å²) in [6.07, 6.45) is 1.84. The fraction of sp³-hybridized carbons (Fsp3) is 0.188. The molecule has 1 amide bonds. The molecule has 1 aliphatic heterocycles. The van der Waals surface area contributed by atoms with Crippen LogP contribution in [0.3, 0.4) is 0 Å². The maximum atomic E-state index is 14.5. The van der Waals surface area contributed by atoms with Gasteiger partial charge in [-0.1, -0.05) is 42.5 Å². The fourth-order valence-corrected chi connectivity index (χ4v) is 6.69. The normalized spacial score (nSPS) is 22.0. The summed E-state index contributed by atoms with van der Waals surface area (Å²) in [4.78, 5) is 15.2. The van der Waals surface area contributed by atoms with Crippen LogP contribution in [-0.4, -0.2) is 33.7 Å². The van der Waals surface area contributed by atoms with Crippen LogP contribution in [0.15, 0.2) is 97.2 Å².